The van der Waals surface area contributed by atoms with E-state index in [1.165, 1.54) is 0 Å². The molecule has 0 rings (SSSR count). The Balaban J connectivity index is 0. The minimum Gasteiger partial charge on any atom is -0.396 e. The van der Waals surface area contributed by atoms with Crippen LogP contribution in [0, 0.1) is 0 Å². The Bertz CT molecular complexity index is 26.3. The second-order valence-electron chi connectivity index (χ2n) is 0.495. The van der Waals surface area contributed by atoms with Crippen LogP contribution < -0.4 is 18.9 Å². The molecule has 0 nitrogen and oxygen atoms in total. The van der Waals surface area contributed by atoms with Crippen molar-refractivity contribution in [2.75, 3.05) is 0 Å². The monoisotopic (exact) mass is 218 g/mol. The quantitative estimate of drug-likeness (QED) is 0.484. The normalized spacial score (nSPS) is 10.0. The van der Waals surface area contributed by atoms with Gasteiger partial charge in [0.15, 0.2) is 0 Å². The fourth-order valence-corrected chi connectivity index (χ4v) is 0. The van der Waals surface area contributed by atoms with E-state index < -0.39 is 8.49 Å². The summed E-state index contributed by atoms with van der Waals surface area (Å²) in [5.74, 6) is 0. The van der Waals surface area contributed by atoms with Crippen molar-refractivity contribution in [3.05, 3.63) is 0 Å². The summed E-state index contributed by atoms with van der Waals surface area (Å²) in [6.45, 7) is 0. The summed E-state index contributed by atoms with van der Waals surface area (Å²) in [4.78, 5) is 0. The number of hydrogen-bond acceptors (Lipinski definition) is 0. The summed E-state index contributed by atoms with van der Waals surface area (Å²) >= 11 is 2.84. The van der Waals surface area contributed by atoms with Gasteiger partial charge in [-0.05, 0) is 0 Å². The van der Waals surface area contributed by atoms with Crippen molar-refractivity contribution in [3.8, 4) is 0 Å². The molecule has 0 heterocycles. The van der Waals surface area contributed by atoms with E-state index in [1.54, 1.807) is 0 Å². The van der Waals surface area contributed by atoms with Gasteiger partial charge in [0.05, 0.1) is 0 Å². The molecule has 0 aromatic rings. The van der Waals surface area contributed by atoms with Gasteiger partial charge in [-0.2, -0.15) is 0 Å². The van der Waals surface area contributed by atoms with E-state index >= 15 is 0 Å². The van der Waals surface area contributed by atoms with Gasteiger partial charge < -0.3 is 44.2 Å². The zero-order chi connectivity index (χ0) is 4.50. The van der Waals surface area contributed by atoms with Gasteiger partial charge >= 0.3 is 27.3 Å². The molecule has 0 aromatic carbocycles. The van der Waals surface area contributed by atoms with Crippen molar-refractivity contribution in [1.82, 2.24) is 0 Å². The number of hydrogen-bond donors (Lipinski definition) is 0. The van der Waals surface area contributed by atoms with Gasteiger partial charge in [0, 0.05) is 0 Å². The van der Waals surface area contributed by atoms with Gasteiger partial charge in [-0.15, -0.1) is 0 Å². The molecule has 0 saturated heterocycles. The summed E-state index contributed by atoms with van der Waals surface area (Å²) < 4.78 is 0. The Morgan fingerprint density at radius 3 is 1.17 bits per heavy atom. The second-order valence-corrected chi connectivity index (χ2v) is 18.3. The second kappa shape index (κ2) is 4.37. The summed E-state index contributed by atoms with van der Waals surface area (Å²) in [5, 5.41) is 0. The van der Waals surface area contributed by atoms with E-state index in [4.69, 9.17) is 30.1 Å². The van der Waals surface area contributed by atoms with E-state index in [1.807, 2.05) is 0 Å². The average Bonchev–Trinajstić information content (AvgIpc) is 0.722. The van der Waals surface area contributed by atoms with Crippen molar-refractivity contribution in [3.63, 3.8) is 0 Å². The van der Waals surface area contributed by atoms with Crippen LogP contribution in [0.4, 0.5) is 0 Å². The van der Waals surface area contributed by atoms with Crippen LogP contribution in [0.15, 0.2) is 0 Å². The predicted molar refractivity (Wildman–Crippen MR) is 32.2 cm³/mol. The van der Waals surface area contributed by atoms with Crippen molar-refractivity contribution >= 4 is 52.7 Å². The van der Waals surface area contributed by atoms with Crippen molar-refractivity contribution in [2.45, 2.75) is 0 Å². The Hall–Kier alpha value is 2.48. The third kappa shape index (κ3) is 31.6. The minimum absolute atomic E-state index is 0. The van der Waals surface area contributed by atoms with Gasteiger partial charge in [-0.3, -0.25) is 0 Å². The molecule has 0 fully saturated rings. The molecule has 0 aliphatic rings. The molecule has 0 bridgehead atoms. The Labute approximate surface area is 70.6 Å². The van der Waals surface area contributed by atoms with Gasteiger partial charge in [0.1, 0.15) is 0 Å². The van der Waals surface area contributed by atoms with Crippen molar-refractivity contribution in [2.24, 2.45) is 0 Å². The molecule has 0 spiro atoms. The fraction of sp³-hybridized carbons (Fsp3) is 0. The van der Waals surface area contributed by atoms with Gasteiger partial charge in [-0.25, -0.2) is 0 Å². The summed E-state index contributed by atoms with van der Waals surface area (Å²) in [6.07, 6.45) is 0. The van der Waals surface area contributed by atoms with Gasteiger partial charge in [0.25, 0.3) is 0 Å². The zero-order valence-corrected chi connectivity index (χ0v) is 8.10. The Morgan fingerprint density at radius 1 is 1.17 bits per heavy atom. The van der Waals surface area contributed by atoms with Crippen LogP contribution in [0.1, 0.15) is 0 Å². The Kier molecular flexibility index (Phi) is 8.23. The number of halogens is 4. The topological polar surface area (TPSA) is 0 Å². The smallest absolute Gasteiger partial charge is 0.396 e. The SMILES string of the molecule is [Cl][Al-]([Cl])([Cl])[Br].[Li+]. The average molecular weight is 220 g/mol. The van der Waals surface area contributed by atoms with E-state index in [0.717, 1.165) is 0 Å². The van der Waals surface area contributed by atoms with E-state index in [2.05, 4.69) is 14.1 Å². The maximum atomic E-state index is 5.14. The standard InChI is InChI=1S/Al.BrH.3ClH.Li/h;4*1H;/q+3;;;;;+1/p-4. The molecule has 0 amide bonds. The molecule has 0 unspecified atom stereocenters. The summed E-state index contributed by atoms with van der Waals surface area (Å²) in [6, 6.07) is 0. The number of rotatable bonds is 0. The molecular formula is AlBrCl3Li. The first kappa shape index (κ1) is 11.3. The van der Waals surface area contributed by atoms with Crippen LogP contribution in [0.25, 0.3) is 0 Å². The fourth-order valence-electron chi connectivity index (χ4n) is 0. The van der Waals surface area contributed by atoms with E-state index in [-0.39, 0.29) is 18.9 Å². The van der Waals surface area contributed by atoms with Gasteiger partial charge in [0.2, 0.25) is 0 Å². The first-order valence-electron chi connectivity index (χ1n) is 0.873. The van der Waals surface area contributed by atoms with Crippen molar-refractivity contribution < 1.29 is 18.9 Å². The van der Waals surface area contributed by atoms with Crippen molar-refractivity contribution in [1.29, 1.82) is 0 Å². The molecule has 0 saturated carbocycles. The first-order chi connectivity index (χ1) is 2.00. The maximum Gasteiger partial charge on any atom is 1.00 e. The molecule has 32 valence electrons. The first-order valence-corrected chi connectivity index (χ1v) is 9.29. The van der Waals surface area contributed by atoms with E-state index in [9.17, 15) is 0 Å². The third-order valence-electron chi connectivity index (χ3n) is 0. The van der Waals surface area contributed by atoms with Crippen LogP contribution in [0.5, 0.6) is 0 Å². The molecule has 0 aromatic heterocycles. The van der Waals surface area contributed by atoms with Crippen LogP contribution in [-0.4, -0.2) is 8.49 Å². The zero-order valence-electron chi connectivity index (χ0n) is 3.09. The molecule has 6 heteroatoms. The maximum absolute atomic E-state index is 5.14. The Morgan fingerprint density at radius 2 is 1.17 bits per heavy atom. The van der Waals surface area contributed by atoms with Crippen LogP contribution >= 0.6 is 44.2 Å². The summed E-state index contributed by atoms with van der Waals surface area (Å²) in [5.41, 5.74) is 0. The molecule has 0 atom stereocenters. The molecular weight excluding hydrogens is 220 g/mol. The molecule has 0 aliphatic carbocycles. The molecule has 6 heavy (non-hydrogen) atoms. The van der Waals surface area contributed by atoms with Crippen LogP contribution in [0.3, 0.4) is 0 Å². The van der Waals surface area contributed by atoms with Gasteiger partial charge in [-0.1, -0.05) is 0 Å². The molecule has 0 N–H and O–H groups in total. The largest absolute Gasteiger partial charge is 1.00 e. The molecule has 0 radical (unpaired) electrons. The third-order valence-corrected chi connectivity index (χ3v) is 0. The molecule has 0 aliphatic heterocycles. The van der Waals surface area contributed by atoms with E-state index in [0.29, 0.717) is 0 Å². The predicted octanol–water partition coefficient (Wildman–Crippen LogP) is -0.463. The van der Waals surface area contributed by atoms with Crippen LogP contribution in [-0.2, 0) is 0 Å². The minimum atomic E-state index is -2.60. The van der Waals surface area contributed by atoms with Crippen LogP contribution in [0.2, 0.25) is 0 Å². The summed E-state index contributed by atoms with van der Waals surface area (Å²) in [7, 11) is 12.8.